The van der Waals surface area contributed by atoms with E-state index >= 15 is 0 Å². The Morgan fingerprint density at radius 2 is 2.06 bits per heavy atom. The third-order valence-corrected chi connectivity index (χ3v) is 1.98. The van der Waals surface area contributed by atoms with Crippen molar-refractivity contribution >= 4 is 30.0 Å². The van der Waals surface area contributed by atoms with E-state index in [1.54, 1.807) is 24.3 Å². The molecule has 0 amide bonds. The lowest BCUT2D eigenvalue weighted by molar-refractivity contribution is -0.149. The van der Waals surface area contributed by atoms with E-state index in [2.05, 4.69) is 5.92 Å². The lowest BCUT2D eigenvalue weighted by atomic mass is 10.1. The highest BCUT2D eigenvalue weighted by Gasteiger charge is 2.19. The van der Waals surface area contributed by atoms with Crippen molar-refractivity contribution in [3.63, 3.8) is 0 Å². The van der Waals surface area contributed by atoms with E-state index in [4.69, 9.17) is 27.9 Å². The lowest BCUT2D eigenvalue weighted by Gasteiger charge is -2.11. The van der Waals surface area contributed by atoms with Crippen LogP contribution in [0, 0.1) is 12.3 Å². The molecule has 86 valence electrons. The SMILES string of the molecule is C#CCOC(C(=O)O)c1ccc(Cl)cc1.Cl. The summed E-state index contributed by atoms with van der Waals surface area (Å²) in [7, 11) is 0. The molecule has 5 heteroatoms. The molecule has 0 aliphatic carbocycles. The molecule has 0 aromatic heterocycles. The van der Waals surface area contributed by atoms with Crippen LogP contribution in [0.1, 0.15) is 11.7 Å². The number of ether oxygens (including phenoxy) is 1. The van der Waals surface area contributed by atoms with Crippen molar-refractivity contribution in [1.29, 1.82) is 0 Å². The van der Waals surface area contributed by atoms with Gasteiger partial charge in [-0.15, -0.1) is 18.8 Å². The molecule has 0 aliphatic heterocycles. The maximum Gasteiger partial charge on any atom is 0.337 e. The van der Waals surface area contributed by atoms with E-state index in [0.717, 1.165) is 0 Å². The molecule has 0 fully saturated rings. The third kappa shape index (κ3) is 4.11. The lowest BCUT2D eigenvalue weighted by Crippen LogP contribution is -2.15. The normalized spacial score (nSPS) is 11.0. The van der Waals surface area contributed by atoms with Gasteiger partial charge in [0.1, 0.15) is 6.61 Å². The first-order chi connectivity index (χ1) is 7.15. The van der Waals surface area contributed by atoms with Crippen LogP contribution < -0.4 is 0 Å². The van der Waals surface area contributed by atoms with Crippen molar-refractivity contribution in [2.75, 3.05) is 6.61 Å². The fourth-order valence-electron chi connectivity index (χ4n) is 1.08. The first-order valence-electron chi connectivity index (χ1n) is 4.18. The number of carboxylic acids is 1. The number of carbonyl (C=O) groups is 1. The van der Waals surface area contributed by atoms with Crippen molar-refractivity contribution in [3.8, 4) is 12.3 Å². The van der Waals surface area contributed by atoms with Crippen LogP contribution in [-0.4, -0.2) is 17.7 Å². The molecule has 1 atom stereocenters. The fraction of sp³-hybridized carbons (Fsp3) is 0.182. The van der Waals surface area contributed by atoms with Crippen LogP contribution in [0.5, 0.6) is 0 Å². The highest BCUT2D eigenvalue weighted by atomic mass is 35.5. The number of terminal acetylenes is 1. The average Bonchev–Trinajstić information content (AvgIpc) is 2.21. The molecule has 0 bridgehead atoms. The molecule has 0 spiro atoms. The minimum absolute atomic E-state index is 0. The van der Waals surface area contributed by atoms with Crippen LogP contribution in [0.3, 0.4) is 0 Å². The van der Waals surface area contributed by atoms with Crippen molar-refractivity contribution in [3.05, 3.63) is 34.9 Å². The molecule has 1 aromatic carbocycles. The molecule has 0 heterocycles. The van der Waals surface area contributed by atoms with E-state index in [1.807, 2.05) is 0 Å². The summed E-state index contributed by atoms with van der Waals surface area (Å²) in [6.45, 7) is -0.0421. The number of benzene rings is 1. The summed E-state index contributed by atoms with van der Waals surface area (Å²) < 4.78 is 5.00. The predicted molar refractivity (Wildman–Crippen MR) is 63.9 cm³/mol. The van der Waals surface area contributed by atoms with Gasteiger partial charge in [-0.3, -0.25) is 0 Å². The Hall–Kier alpha value is -1.21. The number of hydrogen-bond acceptors (Lipinski definition) is 2. The molecule has 16 heavy (non-hydrogen) atoms. The van der Waals surface area contributed by atoms with Crippen LogP contribution in [0.25, 0.3) is 0 Å². The van der Waals surface area contributed by atoms with Crippen LogP contribution in [0.15, 0.2) is 24.3 Å². The predicted octanol–water partition coefficient (Wildman–Crippen LogP) is 2.54. The summed E-state index contributed by atoms with van der Waals surface area (Å²) >= 11 is 5.68. The minimum Gasteiger partial charge on any atom is -0.479 e. The van der Waals surface area contributed by atoms with E-state index in [0.29, 0.717) is 10.6 Å². The van der Waals surface area contributed by atoms with Crippen LogP contribution in [0.4, 0.5) is 0 Å². The highest BCUT2D eigenvalue weighted by Crippen LogP contribution is 2.19. The summed E-state index contributed by atoms with van der Waals surface area (Å²) in [4.78, 5) is 10.9. The number of carboxylic acid groups (broad SMARTS) is 1. The molecule has 0 saturated carbocycles. The average molecular weight is 261 g/mol. The van der Waals surface area contributed by atoms with E-state index in [-0.39, 0.29) is 19.0 Å². The zero-order valence-electron chi connectivity index (χ0n) is 8.22. The topological polar surface area (TPSA) is 46.5 Å². The maximum atomic E-state index is 10.9. The van der Waals surface area contributed by atoms with Gasteiger partial charge in [0.15, 0.2) is 6.10 Å². The number of halogens is 2. The van der Waals surface area contributed by atoms with Gasteiger partial charge in [-0.05, 0) is 17.7 Å². The molecule has 0 radical (unpaired) electrons. The molecule has 1 N–H and O–H groups in total. The number of aliphatic carboxylic acids is 1. The Labute approximate surface area is 105 Å². The van der Waals surface area contributed by atoms with Crippen LogP contribution >= 0.6 is 24.0 Å². The molecule has 0 aliphatic rings. The Kier molecular flexibility index (Phi) is 6.59. The standard InChI is InChI=1S/C11H9ClO3.ClH/c1-2-7-15-10(11(13)14)8-3-5-9(12)6-4-8;/h1,3-6,10H,7H2,(H,13,14);1H. The van der Waals surface area contributed by atoms with E-state index in [1.165, 1.54) is 0 Å². The van der Waals surface area contributed by atoms with Gasteiger partial charge in [-0.1, -0.05) is 29.7 Å². The maximum absolute atomic E-state index is 10.9. The first-order valence-corrected chi connectivity index (χ1v) is 4.56. The second-order valence-electron chi connectivity index (χ2n) is 2.78. The van der Waals surface area contributed by atoms with Crippen molar-refractivity contribution in [2.45, 2.75) is 6.10 Å². The Morgan fingerprint density at radius 1 is 1.50 bits per heavy atom. The number of hydrogen-bond donors (Lipinski definition) is 1. The van der Waals surface area contributed by atoms with Gasteiger partial charge in [0.2, 0.25) is 0 Å². The Balaban J connectivity index is 0.00000225. The molecule has 0 saturated heterocycles. The summed E-state index contributed by atoms with van der Waals surface area (Å²) in [6, 6.07) is 6.40. The summed E-state index contributed by atoms with van der Waals surface area (Å²) in [6.07, 6.45) is 3.95. The van der Waals surface area contributed by atoms with Gasteiger partial charge >= 0.3 is 5.97 Å². The molecule has 1 rings (SSSR count). The minimum atomic E-state index is -1.08. The molecule has 3 nitrogen and oxygen atoms in total. The quantitative estimate of drug-likeness (QED) is 0.847. The van der Waals surface area contributed by atoms with Crippen LogP contribution in [0.2, 0.25) is 5.02 Å². The van der Waals surface area contributed by atoms with Crippen molar-refractivity contribution in [1.82, 2.24) is 0 Å². The largest absolute Gasteiger partial charge is 0.479 e. The first kappa shape index (κ1) is 14.8. The fourth-order valence-corrected chi connectivity index (χ4v) is 1.21. The van der Waals surface area contributed by atoms with Gasteiger partial charge in [0.05, 0.1) is 0 Å². The summed E-state index contributed by atoms with van der Waals surface area (Å²) in [5, 5.41) is 9.44. The van der Waals surface area contributed by atoms with Gasteiger partial charge in [-0.25, -0.2) is 4.79 Å². The van der Waals surface area contributed by atoms with Gasteiger partial charge in [0, 0.05) is 5.02 Å². The molecule has 1 aromatic rings. The summed E-state index contributed by atoms with van der Waals surface area (Å²) in [5.74, 6) is 1.15. The van der Waals surface area contributed by atoms with E-state index < -0.39 is 12.1 Å². The summed E-state index contributed by atoms with van der Waals surface area (Å²) in [5.41, 5.74) is 0.516. The van der Waals surface area contributed by atoms with Crippen LogP contribution in [-0.2, 0) is 9.53 Å². The van der Waals surface area contributed by atoms with E-state index in [9.17, 15) is 4.79 Å². The van der Waals surface area contributed by atoms with Crippen molar-refractivity contribution in [2.24, 2.45) is 0 Å². The molecular weight excluding hydrogens is 251 g/mol. The number of rotatable bonds is 4. The van der Waals surface area contributed by atoms with Gasteiger partial charge in [-0.2, -0.15) is 0 Å². The zero-order chi connectivity index (χ0) is 11.3. The third-order valence-electron chi connectivity index (χ3n) is 1.73. The second kappa shape index (κ2) is 7.13. The zero-order valence-corrected chi connectivity index (χ0v) is 9.79. The molecular formula is C11H10Cl2O3. The van der Waals surface area contributed by atoms with Gasteiger partial charge in [0.25, 0.3) is 0 Å². The monoisotopic (exact) mass is 260 g/mol. The smallest absolute Gasteiger partial charge is 0.337 e. The van der Waals surface area contributed by atoms with Gasteiger partial charge < -0.3 is 9.84 Å². The molecule has 1 unspecified atom stereocenters. The van der Waals surface area contributed by atoms with Crippen molar-refractivity contribution < 1.29 is 14.6 Å². The second-order valence-corrected chi connectivity index (χ2v) is 3.22. The Bertz CT molecular complexity index is 381. The highest BCUT2D eigenvalue weighted by molar-refractivity contribution is 6.30. The Morgan fingerprint density at radius 3 is 2.50 bits per heavy atom.